The Morgan fingerprint density at radius 2 is 1.64 bits per heavy atom. The van der Waals surface area contributed by atoms with E-state index >= 15 is 0 Å². The molecule has 0 bridgehead atoms. The smallest absolute Gasteiger partial charge is 0.272 e. The second-order valence-corrected chi connectivity index (χ2v) is 8.29. The highest BCUT2D eigenvalue weighted by atomic mass is 19.3. The van der Waals surface area contributed by atoms with E-state index in [9.17, 15) is 13.2 Å². The monoisotopic (exact) mass is 358 g/mol. The van der Waals surface area contributed by atoms with Gasteiger partial charge in [-0.15, -0.1) is 0 Å². The lowest BCUT2D eigenvalue weighted by Crippen LogP contribution is -2.20. The van der Waals surface area contributed by atoms with Crippen LogP contribution in [-0.4, -0.2) is 24.7 Å². The Labute approximate surface area is 148 Å². The summed E-state index contributed by atoms with van der Waals surface area (Å²) >= 11 is 0. The topological polar surface area (TPSA) is 29.5 Å². The van der Waals surface area contributed by atoms with Gasteiger partial charge >= 0.3 is 0 Å². The molecule has 0 spiro atoms. The normalized spacial score (nSPS) is 13.9. The summed E-state index contributed by atoms with van der Waals surface area (Å²) in [5, 5.41) is 9.14. The lowest BCUT2D eigenvalue weighted by Gasteiger charge is -2.29. The molecule has 0 saturated carbocycles. The van der Waals surface area contributed by atoms with Gasteiger partial charge in [-0.25, -0.2) is 13.2 Å². The Hall–Kier alpha value is -1.49. The molecule has 0 saturated heterocycles. The first-order valence-electron chi connectivity index (χ1n) is 8.35. The fraction of sp³-hybridized carbons (Fsp3) is 0.600. The lowest BCUT2D eigenvalue weighted by atomic mass is 9.78. The maximum atomic E-state index is 14.1. The van der Waals surface area contributed by atoms with Gasteiger partial charge in [0, 0.05) is 11.1 Å². The number of ether oxygens (including phenoxy) is 1. The van der Waals surface area contributed by atoms with Gasteiger partial charge in [0.15, 0.2) is 0 Å². The van der Waals surface area contributed by atoms with Gasteiger partial charge in [0.25, 0.3) is 6.43 Å². The van der Waals surface area contributed by atoms with E-state index in [-0.39, 0.29) is 22.2 Å². The molecule has 0 atom stereocenters. The molecule has 0 aliphatic heterocycles. The van der Waals surface area contributed by atoms with Crippen LogP contribution in [-0.2, 0) is 10.8 Å². The number of alkyl halides is 2. The van der Waals surface area contributed by atoms with Crippen LogP contribution in [0.4, 0.5) is 13.2 Å². The molecule has 1 aromatic carbocycles. The van der Waals surface area contributed by atoms with Crippen molar-refractivity contribution < 1.29 is 23.0 Å². The zero-order valence-electron chi connectivity index (χ0n) is 16.1. The number of halogens is 3. The van der Waals surface area contributed by atoms with Crippen molar-refractivity contribution >= 4 is 5.57 Å². The third kappa shape index (κ3) is 5.50. The molecular formula is C20H29F3O2. The molecule has 0 radical (unpaired) electrons. The molecule has 0 unspecified atom stereocenters. The number of rotatable bonds is 5. The van der Waals surface area contributed by atoms with Crippen molar-refractivity contribution in [2.45, 2.75) is 65.7 Å². The summed E-state index contributed by atoms with van der Waals surface area (Å²) in [6.07, 6.45) is -2.63. The minimum absolute atomic E-state index is 0.198. The van der Waals surface area contributed by atoms with E-state index < -0.39 is 25.5 Å². The predicted molar refractivity (Wildman–Crippen MR) is 96.1 cm³/mol. The van der Waals surface area contributed by atoms with Crippen molar-refractivity contribution in [2.75, 3.05) is 13.2 Å². The Morgan fingerprint density at radius 3 is 2.04 bits per heavy atom. The highest BCUT2D eigenvalue weighted by Crippen LogP contribution is 2.41. The first kappa shape index (κ1) is 21.6. The van der Waals surface area contributed by atoms with Crippen molar-refractivity contribution in [1.29, 1.82) is 0 Å². The van der Waals surface area contributed by atoms with Crippen LogP contribution in [0.3, 0.4) is 0 Å². The Morgan fingerprint density at radius 1 is 1.08 bits per heavy atom. The van der Waals surface area contributed by atoms with Crippen LogP contribution in [0.15, 0.2) is 18.0 Å². The van der Waals surface area contributed by atoms with E-state index in [1.807, 2.05) is 47.6 Å². The highest BCUT2D eigenvalue weighted by Gasteiger charge is 2.27. The maximum absolute atomic E-state index is 14.1. The summed E-state index contributed by atoms with van der Waals surface area (Å²) < 4.78 is 44.9. The average Bonchev–Trinajstić information content (AvgIpc) is 2.48. The fourth-order valence-electron chi connectivity index (χ4n) is 2.46. The van der Waals surface area contributed by atoms with Crippen LogP contribution in [0.1, 0.15) is 65.2 Å². The molecule has 1 aromatic rings. The van der Waals surface area contributed by atoms with Crippen LogP contribution in [0.25, 0.3) is 5.57 Å². The van der Waals surface area contributed by atoms with Gasteiger partial charge in [0.1, 0.15) is 18.2 Å². The third-order valence-corrected chi connectivity index (χ3v) is 4.07. The molecule has 2 nitrogen and oxygen atoms in total. The number of hydrogen-bond acceptors (Lipinski definition) is 2. The largest absolute Gasteiger partial charge is 0.487 e. The van der Waals surface area contributed by atoms with E-state index in [4.69, 9.17) is 9.84 Å². The highest BCUT2D eigenvalue weighted by molar-refractivity contribution is 5.73. The van der Waals surface area contributed by atoms with E-state index in [0.717, 1.165) is 11.1 Å². The Kier molecular flexibility index (Phi) is 6.74. The molecule has 0 amide bonds. The Balaban J connectivity index is 3.79. The molecule has 142 valence electrons. The molecule has 0 heterocycles. The second-order valence-electron chi connectivity index (χ2n) is 8.29. The van der Waals surface area contributed by atoms with E-state index in [2.05, 4.69) is 0 Å². The van der Waals surface area contributed by atoms with Gasteiger partial charge in [-0.05, 0) is 35.0 Å². The molecule has 0 aliphatic carbocycles. The lowest BCUT2D eigenvalue weighted by molar-refractivity contribution is 0.0807. The zero-order valence-corrected chi connectivity index (χ0v) is 16.1. The van der Waals surface area contributed by atoms with Crippen molar-refractivity contribution in [2.24, 2.45) is 0 Å². The fourth-order valence-corrected chi connectivity index (χ4v) is 2.46. The van der Waals surface area contributed by atoms with Crippen molar-refractivity contribution in [3.8, 4) is 5.75 Å². The average molecular weight is 358 g/mol. The van der Waals surface area contributed by atoms with E-state index in [0.29, 0.717) is 5.56 Å². The number of aliphatic hydroxyl groups is 1. The zero-order chi connectivity index (χ0) is 19.6. The summed E-state index contributed by atoms with van der Waals surface area (Å²) in [5.41, 5.74) is 1.69. The number of allylic oxidation sites excluding steroid dienone is 1. The molecule has 1 rings (SSSR count). The van der Waals surface area contributed by atoms with Crippen molar-refractivity contribution in [3.63, 3.8) is 0 Å². The Bertz CT molecular complexity index is 636. The minimum atomic E-state index is -2.63. The standard InChI is InChI=1S/C20H29F3O2/c1-12(16(21)10-24)14-8-13(19(2,3)4)9-15(20(5,6)7)18(14)25-11-17(22)23/h8-9,17,24H,10-11H2,1-7H3/b16-12-. The third-order valence-electron chi connectivity index (χ3n) is 4.07. The first-order chi connectivity index (χ1) is 11.3. The first-order valence-corrected chi connectivity index (χ1v) is 8.35. The quantitative estimate of drug-likeness (QED) is 0.740. The summed E-state index contributed by atoms with van der Waals surface area (Å²) in [7, 11) is 0. The molecule has 0 aromatic heterocycles. The number of hydrogen-bond donors (Lipinski definition) is 1. The van der Waals surface area contributed by atoms with Crippen LogP contribution in [0.2, 0.25) is 0 Å². The molecule has 1 N–H and O–H groups in total. The van der Waals surface area contributed by atoms with Gasteiger partial charge in [0.05, 0.1) is 6.61 Å². The van der Waals surface area contributed by atoms with Crippen LogP contribution in [0.5, 0.6) is 5.75 Å². The van der Waals surface area contributed by atoms with Gasteiger partial charge in [-0.2, -0.15) is 0 Å². The van der Waals surface area contributed by atoms with Gasteiger partial charge in [0.2, 0.25) is 0 Å². The van der Waals surface area contributed by atoms with Gasteiger partial charge in [-0.3, -0.25) is 0 Å². The SMILES string of the molecule is C/C(=C(/F)CO)c1cc(C(C)(C)C)cc(C(C)(C)C)c1OCC(F)F. The molecule has 5 heteroatoms. The molecular weight excluding hydrogens is 329 g/mol. The maximum Gasteiger partial charge on any atom is 0.272 e. The summed E-state index contributed by atoms with van der Waals surface area (Å²) in [6.45, 7) is 12.0. The predicted octanol–water partition coefficient (Wildman–Crippen LogP) is 5.62. The van der Waals surface area contributed by atoms with Crippen LogP contribution >= 0.6 is 0 Å². The number of aliphatic hydroxyl groups excluding tert-OH is 1. The van der Waals surface area contributed by atoms with Crippen LogP contribution < -0.4 is 4.74 Å². The molecule has 0 aliphatic rings. The number of benzene rings is 1. The van der Waals surface area contributed by atoms with Crippen molar-refractivity contribution in [3.05, 3.63) is 34.6 Å². The van der Waals surface area contributed by atoms with Crippen LogP contribution in [0, 0.1) is 0 Å². The minimum Gasteiger partial charge on any atom is -0.487 e. The molecule has 25 heavy (non-hydrogen) atoms. The summed E-state index contributed by atoms with van der Waals surface area (Å²) in [5.74, 6) is -0.449. The summed E-state index contributed by atoms with van der Waals surface area (Å²) in [6, 6.07) is 3.70. The van der Waals surface area contributed by atoms with Gasteiger partial charge < -0.3 is 9.84 Å². The second kappa shape index (κ2) is 7.81. The molecule has 0 fully saturated rings. The summed E-state index contributed by atoms with van der Waals surface area (Å²) in [4.78, 5) is 0. The van der Waals surface area contributed by atoms with E-state index in [1.54, 1.807) is 6.07 Å². The van der Waals surface area contributed by atoms with Gasteiger partial charge in [-0.1, -0.05) is 47.6 Å². The van der Waals surface area contributed by atoms with Crippen molar-refractivity contribution in [1.82, 2.24) is 0 Å². The van der Waals surface area contributed by atoms with E-state index in [1.165, 1.54) is 6.92 Å².